The van der Waals surface area contributed by atoms with Crippen molar-refractivity contribution in [1.82, 2.24) is 24.5 Å². The van der Waals surface area contributed by atoms with Crippen LogP contribution in [0.2, 0.25) is 0 Å². The zero-order valence-electron chi connectivity index (χ0n) is 18.5. The van der Waals surface area contributed by atoms with Crippen molar-refractivity contribution in [2.75, 3.05) is 31.1 Å². The van der Waals surface area contributed by atoms with Crippen LogP contribution in [0.1, 0.15) is 12.2 Å². The topological polar surface area (TPSA) is 230 Å². The summed E-state index contributed by atoms with van der Waals surface area (Å²) >= 11 is 2.03. The van der Waals surface area contributed by atoms with Crippen LogP contribution < -0.4 is 16.8 Å². The number of aliphatic imine (C=N–C) groups is 1. The third-order valence-electron chi connectivity index (χ3n) is 5.62. The molecule has 1 aromatic rings. The van der Waals surface area contributed by atoms with E-state index < -0.39 is 34.9 Å². The third kappa shape index (κ3) is 4.61. The summed E-state index contributed by atoms with van der Waals surface area (Å²) in [7, 11) is 0. The smallest absolute Gasteiger partial charge is 0.352 e. The molecule has 0 radical (unpaired) electrons. The van der Waals surface area contributed by atoms with Crippen molar-refractivity contribution in [3.8, 4) is 0 Å². The maximum absolute atomic E-state index is 12.9. The molecule has 0 saturated carbocycles. The monoisotopic (exact) mass is 535 g/mol. The van der Waals surface area contributed by atoms with Crippen LogP contribution >= 0.6 is 23.3 Å². The summed E-state index contributed by atoms with van der Waals surface area (Å²) in [5, 5.41) is 23.8. The summed E-state index contributed by atoms with van der Waals surface area (Å²) in [5.74, 6) is -3.14. The molecule has 15 nitrogen and oxygen atoms in total. The molecule has 2 saturated heterocycles. The molecular formula is C19H21N9O6S2. The molecule has 4 heterocycles. The molecule has 3 amide bonds. The van der Waals surface area contributed by atoms with Crippen molar-refractivity contribution in [2.45, 2.75) is 17.8 Å². The number of oxime groups is 1. The number of anilines is 1. The van der Waals surface area contributed by atoms with Crippen LogP contribution in [0.4, 0.5) is 5.13 Å². The van der Waals surface area contributed by atoms with Gasteiger partial charge in [-0.25, -0.2) is 4.79 Å². The lowest BCUT2D eigenvalue weighted by Crippen LogP contribution is -2.71. The number of allylic oxidation sites excluding steroid dienone is 1. The molecule has 0 aromatic carbocycles. The number of likely N-dealkylation sites (tertiary alicyclic amines) is 1. The van der Waals surface area contributed by atoms with Gasteiger partial charge in [0.15, 0.2) is 5.13 Å². The van der Waals surface area contributed by atoms with Crippen LogP contribution in [0, 0.1) is 0 Å². The number of aliphatic carboxylic acids is 1. The van der Waals surface area contributed by atoms with E-state index in [1.54, 1.807) is 4.90 Å². The number of β-lactam (4-membered cyclic amide) rings is 1. The van der Waals surface area contributed by atoms with E-state index in [1.807, 2.05) is 0 Å². The number of nitrogens with two attached hydrogens (primary N) is 2. The molecular weight excluding hydrogens is 514 g/mol. The minimum atomic E-state index is -1.33. The number of amides is 3. The molecule has 3 aliphatic heterocycles. The first-order chi connectivity index (χ1) is 17.3. The fraction of sp³-hybridized carbons (Fsp3) is 0.368. The Balaban J connectivity index is 1.50. The second-order valence-electron chi connectivity index (χ2n) is 7.71. The number of nitrogens with one attached hydrogen (secondary N) is 1. The highest BCUT2D eigenvalue weighted by Gasteiger charge is 2.54. The average Bonchev–Trinajstić information content (AvgIpc) is 3.43. The highest BCUT2D eigenvalue weighted by molar-refractivity contribution is 8.00. The first-order valence-corrected chi connectivity index (χ1v) is 12.3. The van der Waals surface area contributed by atoms with Gasteiger partial charge in [0.2, 0.25) is 17.4 Å². The van der Waals surface area contributed by atoms with Gasteiger partial charge < -0.3 is 32.0 Å². The van der Waals surface area contributed by atoms with E-state index in [-0.39, 0.29) is 28.3 Å². The number of thioether (sulfide) groups is 1. The zero-order valence-corrected chi connectivity index (χ0v) is 20.2. The van der Waals surface area contributed by atoms with Crippen molar-refractivity contribution in [1.29, 1.82) is 0 Å². The van der Waals surface area contributed by atoms with E-state index in [0.29, 0.717) is 37.2 Å². The van der Waals surface area contributed by atoms with Crippen molar-refractivity contribution in [3.63, 3.8) is 0 Å². The van der Waals surface area contributed by atoms with Crippen LogP contribution in [-0.2, 0) is 19.2 Å². The zero-order chi connectivity index (χ0) is 26.0. The second kappa shape index (κ2) is 10.3. The van der Waals surface area contributed by atoms with Gasteiger partial charge in [-0.2, -0.15) is 9.36 Å². The lowest BCUT2D eigenvalue weighted by atomic mass is 10.0. The van der Waals surface area contributed by atoms with E-state index in [4.69, 9.17) is 11.5 Å². The van der Waals surface area contributed by atoms with Crippen LogP contribution in [0.25, 0.3) is 0 Å². The Bertz CT molecular complexity index is 1240. The fourth-order valence-corrected chi connectivity index (χ4v) is 5.70. The quantitative estimate of drug-likeness (QED) is 0.0621. The molecule has 0 bridgehead atoms. The van der Waals surface area contributed by atoms with E-state index in [2.05, 4.69) is 24.8 Å². The summed E-state index contributed by atoms with van der Waals surface area (Å²) in [6.07, 6.45) is 3.12. The Hall–Kier alpha value is -3.99. The molecule has 17 heteroatoms. The fourth-order valence-electron chi connectivity index (χ4n) is 3.96. The van der Waals surface area contributed by atoms with Crippen molar-refractivity contribution in [2.24, 2.45) is 15.9 Å². The van der Waals surface area contributed by atoms with Crippen LogP contribution in [0.5, 0.6) is 0 Å². The maximum Gasteiger partial charge on any atom is 0.352 e. The number of fused-ring (bicyclic) bond motifs is 1. The molecule has 2 fully saturated rings. The SMILES string of the molecule is NC=NCCN1CC/C(=C\C2=C(C(=O)O)N3C(=O)[C@@H](NC(=O)/C(=N\O)c4nsc(N)n4)[C@H]3SC2)C1=O. The van der Waals surface area contributed by atoms with Crippen molar-refractivity contribution in [3.05, 3.63) is 28.7 Å². The number of carbonyl (C=O) groups excluding carboxylic acids is 3. The lowest BCUT2D eigenvalue weighted by Gasteiger charge is -2.49. The van der Waals surface area contributed by atoms with Gasteiger partial charge in [0.05, 0.1) is 12.9 Å². The lowest BCUT2D eigenvalue weighted by molar-refractivity contribution is -0.150. The number of hydrogen-bond donors (Lipinski definition) is 5. The predicted molar refractivity (Wildman–Crippen MR) is 129 cm³/mol. The number of hydrogen-bond acceptors (Lipinski definition) is 12. The number of nitrogens with zero attached hydrogens (tertiary/aromatic N) is 6. The van der Waals surface area contributed by atoms with Crippen molar-refractivity contribution < 1.29 is 29.5 Å². The Morgan fingerprint density at radius 3 is 2.75 bits per heavy atom. The van der Waals surface area contributed by atoms with Gasteiger partial charge in [0.1, 0.15) is 17.1 Å². The first-order valence-electron chi connectivity index (χ1n) is 10.5. The summed E-state index contributed by atoms with van der Waals surface area (Å²) in [4.78, 5) is 60.6. The van der Waals surface area contributed by atoms with Crippen molar-refractivity contribution >= 4 is 64.2 Å². The standard InChI is InChI=1S/C19H21N9O6S2/c20-7-22-2-4-27-3-1-8(15(27)30)5-9-6-35-17-11(16(31)28(17)12(9)18(32)33)23-14(29)10(25-34)13-24-19(21)36-26-13/h5,7,11,17,34H,1-4,6H2,(H2,20,22)(H,23,29)(H,32,33)(H2,21,24,26)/b8-5+,25-10-/t11-,17-/m1/s1. The number of carboxylic acids is 1. The van der Waals surface area contributed by atoms with Gasteiger partial charge in [-0.05, 0) is 18.1 Å². The Kier molecular flexibility index (Phi) is 7.20. The second-order valence-corrected chi connectivity index (χ2v) is 9.60. The van der Waals surface area contributed by atoms with Crippen LogP contribution in [0.3, 0.4) is 0 Å². The Morgan fingerprint density at radius 2 is 2.11 bits per heavy atom. The molecule has 36 heavy (non-hydrogen) atoms. The normalized spacial score (nSPS) is 23.4. The highest BCUT2D eigenvalue weighted by atomic mass is 32.2. The molecule has 3 aliphatic rings. The predicted octanol–water partition coefficient (Wildman–Crippen LogP) is -1.82. The molecule has 2 atom stereocenters. The number of carboxylic acid groups (broad SMARTS) is 1. The minimum absolute atomic E-state index is 0.0542. The number of carbonyl (C=O) groups is 4. The molecule has 7 N–H and O–H groups in total. The molecule has 1 aromatic heterocycles. The molecule has 190 valence electrons. The van der Waals surface area contributed by atoms with Gasteiger partial charge in [0, 0.05) is 35.9 Å². The Morgan fingerprint density at radius 1 is 1.33 bits per heavy atom. The van der Waals surface area contributed by atoms with Gasteiger partial charge in [-0.15, -0.1) is 11.8 Å². The summed E-state index contributed by atoms with van der Waals surface area (Å²) in [6.45, 7) is 1.22. The highest BCUT2D eigenvalue weighted by Crippen LogP contribution is 2.41. The number of aromatic nitrogens is 2. The number of rotatable bonds is 8. The summed E-state index contributed by atoms with van der Waals surface area (Å²) in [6, 6.07) is -1.06. The average molecular weight is 536 g/mol. The van der Waals surface area contributed by atoms with Gasteiger partial charge in [-0.1, -0.05) is 5.16 Å². The first kappa shape index (κ1) is 25.1. The van der Waals surface area contributed by atoms with Gasteiger partial charge in [-0.3, -0.25) is 24.3 Å². The van der Waals surface area contributed by atoms with E-state index in [9.17, 15) is 29.5 Å². The molecule has 0 unspecified atom stereocenters. The minimum Gasteiger partial charge on any atom is -0.477 e. The number of nitrogen functional groups attached to an aromatic ring is 1. The largest absolute Gasteiger partial charge is 0.477 e. The Labute approximate surface area is 211 Å². The van der Waals surface area contributed by atoms with E-state index >= 15 is 0 Å². The van der Waals surface area contributed by atoms with E-state index in [1.165, 1.54) is 24.2 Å². The molecule has 0 aliphatic carbocycles. The summed E-state index contributed by atoms with van der Waals surface area (Å²) in [5.41, 5.74) is 10.7. The summed E-state index contributed by atoms with van der Waals surface area (Å²) < 4.78 is 3.80. The molecule has 0 spiro atoms. The van der Waals surface area contributed by atoms with Crippen LogP contribution in [-0.4, -0.2) is 102 Å². The van der Waals surface area contributed by atoms with E-state index in [0.717, 1.165) is 16.4 Å². The van der Waals surface area contributed by atoms with Gasteiger partial charge >= 0.3 is 5.97 Å². The van der Waals surface area contributed by atoms with Crippen LogP contribution in [0.15, 0.2) is 33.1 Å². The van der Waals surface area contributed by atoms with Gasteiger partial charge in [0.25, 0.3) is 11.8 Å². The maximum atomic E-state index is 12.9. The molecule has 4 rings (SSSR count). The third-order valence-corrected chi connectivity index (χ3v) is 7.47.